The Hall–Kier alpha value is -1.49. The van der Waals surface area contributed by atoms with Gasteiger partial charge in [-0.2, -0.15) is 0 Å². The van der Waals surface area contributed by atoms with E-state index in [1.807, 2.05) is 0 Å². The van der Waals surface area contributed by atoms with Gasteiger partial charge in [0.15, 0.2) is 0 Å². The normalized spacial score (nSPS) is 12.2. The number of carbonyl (C=O) groups is 1. The Morgan fingerprint density at radius 1 is 1.50 bits per heavy atom. The highest BCUT2D eigenvalue weighted by atomic mass is 19.1. The van der Waals surface area contributed by atoms with E-state index < -0.39 is 23.6 Å². The van der Waals surface area contributed by atoms with Crippen LogP contribution in [-0.2, 0) is 16.0 Å². The van der Waals surface area contributed by atoms with Crippen molar-refractivity contribution in [3.8, 4) is 0 Å². The zero-order valence-electron chi connectivity index (χ0n) is 8.87. The summed E-state index contributed by atoms with van der Waals surface area (Å²) in [7, 11) is 1.25. The number of hydrogen-bond acceptors (Lipinski definition) is 3. The Kier molecular flexibility index (Phi) is 4.37. The third-order valence-corrected chi connectivity index (χ3v) is 2.15. The van der Waals surface area contributed by atoms with Crippen LogP contribution in [0.4, 0.5) is 8.78 Å². The fourth-order valence-electron chi connectivity index (χ4n) is 1.35. The number of rotatable bonds is 4. The molecular formula is C11H13F2NO2. The van der Waals surface area contributed by atoms with Gasteiger partial charge in [-0.1, -0.05) is 0 Å². The van der Waals surface area contributed by atoms with Crippen molar-refractivity contribution in [1.82, 2.24) is 0 Å². The van der Waals surface area contributed by atoms with Crippen molar-refractivity contribution in [2.24, 2.45) is 5.73 Å². The van der Waals surface area contributed by atoms with Crippen molar-refractivity contribution in [2.45, 2.75) is 18.9 Å². The predicted molar refractivity (Wildman–Crippen MR) is 54.7 cm³/mol. The van der Waals surface area contributed by atoms with Gasteiger partial charge in [0.25, 0.3) is 0 Å². The molecule has 0 aromatic heterocycles. The molecule has 1 unspecified atom stereocenters. The van der Waals surface area contributed by atoms with Crippen LogP contribution in [0, 0.1) is 11.6 Å². The lowest BCUT2D eigenvalue weighted by Gasteiger charge is -2.10. The van der Waals surface area contributed by atoms with E-state index in [9.17, 15) is 13.6 Å². The summed E-state index contributed by atoms with van der Waals surface area (Å²) in [6.45, 7) is 0. The highest BCUT2D eigenvalue weighted by molar-refractivity contribution is 5.69. The summed E-state index contributed by atoms with van der Waals surface area (Å²) in [5, 5.41) is 0. The summed E-state index contributed by atoms with van der Waals surface area (Å²) in [6, 6.07) is 2.57. The Balaban J connectivity index is 2.65. The van der Waals surface area contributed by atoms with Gasteiger partial charge in [-0.05, 0) is 30.2 Å². The van der Waals surface area contributed by atoms with Crippen LogP contribution >= 0.6 is 0 Å². The van der Waals surface area contributed by atoms with Gasteiger partial charge < -0.3 is 10.5 Å². The fraction of sp³-hybridized carbons (Fsp3) is 0.364. The number of esters is 1. The van der Waals surface area contributed by atoms with Gasteiger partial charge in [-0.3, -0.25) is 4.79 Å². The molecule has 2 N–H and O–H groups in total. The van der Waals surface area contributed by atoms with Crippen LogP contribution in [0.1, 0.15) is 12.0 Å². The maximum absolute atomic E-state index is 13.2. The third-order valence-electron chi connectivity index (χ3n) is 2.15. The number of benzene rings is 1. The highest BCUT2D eigenvalue weighted by Crippen LogP contribution is 2.12. The first-order valence-electron chi connectivity index (χ1n) is 4.79. The number of carbonyl (C=O) groups excluding carboxylic acids is 1. The first-order chi connectivity index (χ1) is 7.52. The first kappa shape index (κ1) is 12.6. The molecular weight excluding hydrogens is 216 g/mol. The second-order valence-electron chi connectivity index (χ2n) is 3.48. The number of halogens is 2. The Bertz CT molecular complexity index is 382. The molecule has 1 aromatic carbocycles. The molecule has 0 aliphatic rings. The van der Waals surface area contributed by atoms with E-state index in [-0.39, 0.29) is 18.4 Å². The van der Waals surface area contributed by atoms with E-state index in [1.54, 1.807) is 0 Å². The summed E-state index contributed by atoms with van der Waals surface area (Å²) >= 11 is 0. The second kappa shape index (κ2) is 5.55. The van der Waals surface area contributed by atoms with Gasteiger partial charge in [0.1, 0.15) is 11.6 Å². The largest absolute Gasteiger partial charge is 0.469 e. The summed E-state index contributed by atoms with van der Waals surface area (Å²) in [5.41, 5.74) is 5.77. The van der Waals surface area contributed by atoms with Crippen molar-refractivity contribution in [1.29, 1.82) is 0 Å². The topological polar surface area (TPSA) is 52.3 Å². The van der Waals surface area contributed by atoms with Crippen molar-refractivity contribution >= 4 is 5.97 Å². The SMILES string of the molecule is COC(=O)CC(N)Cc1cc(F)ccc1F. The van der Waals surface area contributed by atoms with Crippen LogP contribution in [0.5, 0.6) is 0 Å². The highest BCUT2D eigenvalue weighted by Gasteiger charge is 2.13. The minimum absolute atomic E-state index is 0.0214. The average Bonchev–Trinajstić information content (AvgIpc) is 2.23. The van der Waals surface area contributed by atoms with E-state index in [2.05, 4.69) is 4.74 Å². The van der Waals surface area contributed by atoms with Crippen molar-refractivity contribution < 1.29 is 18.3 Å². The molecule has 0 aliphatic carbocycles. The van der Waals surface area contributed by atoms with Crippen LogP contribution < -0.4 is 5.73 Å². The molecule has 0 fully saturated rings. The molecule has 0 saturated carbocycles. The fourth-order valence-corrected chi connectivity index (χ4v) is 1.35. The molecule has 5 heteroatoms. The molecule has 3 nitrogen and oxygen atoms in total. The monoisotopic (exact) mass is 229 g/mol. The third kappa shape index (κ3) is 3.58. The minimum Gasteiger partial charge on any atom is -0.469 e. The predicted octanol–water partition coefficient (Wildman–Crippen LogP) is 1.40. The quantitative estimate of drug-likeness (QED) is 0.794. The van der Waals surface area contributed by atoms with Crippen LogP contribution in [-0.4, -0.2) is 19.1 Å². The van der Waals surface area contributed by atoms with E-state index in [0.29, 0.717) is 0 Å². The van der Waals surface area contributed by atoms with Crippen LogP contribution in [0.15, 0.2) is 18.2 Å². The van der Waals surface area contributed by atoms with E-state index in [1.165, 1.54) is 7.11 Å². The van der Waals surface area contributed by atoms with Gasteiger partial charge in [0, 0.05) is 6.04 Å². The lowest BCUT2D eigenvalue weighted by Crippen LogP contribution is -2.27. The van der Waals surface area contributed by atoms with E-state index >= 15 is 0 Å². The molecule has 0 radical (unpaired) electrons. The lowest BCUT2D eigenvalue weighted by atomic mass is 10.0. The molecule has 0 heterocycles. The molecule has 0 aliphatic heterocycles. The Labute approximate surface area is 92.2 Å². The maximum Gasteiger partial charge on any atom is 0.307 e. The minimum atomic E-state index is -0.580. The molecule has 1 aromatic rings. The molecule has 88 valence electrons. The maximum atomic E-state index is 13.2. The van der Waals surface area contributed by atoms with Crippen molar-refractivity contribution in [3.63, 3.8) is 0 Å². The first-order valence-corrected chi connectivity index (χ1v) is 4.79. The molecule has 1 atom stereocenters. The van der Waals surface area contributed by atoms with Crippen molar-refractivity contribution in [3.05, 3.63) is 35.4 Å². The molecule has 0 amide bonds. The second-order valence-corrected chi connectivity index (χ2v) is 3.48. The zero-order valence-corrected chi connectivity index (χ0v) is 8.87. The van der Waals surface area contributed by atoms with Gasteiger partial charge in [-0.15, -0.1) is 0 Å². The average molecular weight is 229 g/mol. The van der Waals surface area contributed by atoms with Gasteiger partial charge in [-0.25, -0.2) is 8.78 Å². The standard InChI is InChI=1S/C11H13F2NO2/c1-16-11(15)6-9(14)5-7-4-8(12)2-3-10(7)13/h2-4,9H,5-6,14H2,1H3. The number of hydrogen-bond donors (Lipinski definition) is 1. The van der Waals surface area contributed by atoms with Gasteiger partial charge >= 0.3 is 5.97 Å². The number of methoxy groups -OCH3 is 1. The summed E-state index contributed by atoms with van der Waals surface area (Å²) < 4.78 is 30.5. The van der Waals surface area contributed by atoms with Gasteiger partial charge in [0.2, 0.25) is 0 Å². The molecule has 0 spiro atoms. The summed E-state index contributed by atoms with van der Waals surface area (Å²) in [6.07, 6.45) is 0.0746. The summed E-state index contributed by atoms with van der Waals surface area (Å²) in [5.74, 6) is -1.52. The molecule has 0 saturated heterocycles. The van der Waals surface area contributed by atoms with Gasteiger partial charge in [0.05, 0.1) is 13.5 Å². The number of nitrogens with two attached hydrogens (primary N) is 1. The Morgan fingerprint density at radius 2 is 2.19 bits per heavy atom. The van der Waals surface area contributed by atoms with Crippen LogP contribution in [0.3, 0.4) is 0 Å². The zero-order chi connectivity index (χ0) is 12.1. The van der Waals surface area contributed by atoms with E-state index in [0.717, 1.165) is 18.2 Å². The molecule has 0 bridgehead atoms. The smallest absolute Gasteiger partial charge is 0.307 e. The van der Waals surface area contributed by atoms with Crippen LogP contribution in [0.25, 0.3) is 0 Å². The number of ether oxygens (including phenoxy) is 1. The van der Waals surface area contributed by atoms with Crippen LogP contribution in [0.2, 0.25) is 0 Å². The molecule has 16 heavy (non-hydrogen) atoms. The summed E-state index contributed by atoms with van der Waals surface area (Å²) in [4.78, 5) is 10.9. The lowest BCUT2D eigenvalue weighted by molar-refractivity contribution is -0.140. The van der Waals surface area contributed by atoms with Crippen molar-refractivity contribution in [2.75, 3.05) is 7.11 Å². The Morgan fingerprint density at radius 3 is 2.81 bits per heavy atom. The molecule has 1 rings (SSSR count). The van der Waals surface area contributed by atoms with E-state index in [4.69, 9.17) is 5.73 Å².